The first-order chi connectivity index (χ1) is 10.2. The van der Waals surface area contributed by atoms with E-state index in [2.05, 4.69) is 10.1 Å². The molecule has 0 spiro atoms. The maximum Gasteiger partial charge on any atom is 0.339 e. The van der Waals surface area contributed by atoms with E-state index in [4.69, 9.17) is 9.47 Å². The maximum absolute atomic E-state index is 11.4. The van der Waals surface area contributed by atoms with Crippen molar-refractivity contribution in [3.63, 3.8) is 0 Å². The van der Waals surface area contributed by atoms with Crippen molar-refractivity contribution < 1.29 is 24.1 Å². The van der Waals surface area contributed by atoms with Gasteiger partial charge in [0.25, 0.3) is 0 Å². The summed E-state index contributed by atoms with van der Waals surface area (Å²) in [7, 11) is 2.79. The maximum atomic E-state index is 11.4. The Balaban J connectivity index is 2.18. The van der Waals surface area contributed by atoms with E-state index in [1.54, 1.807) is 25.3 Å². The van der Waals surface area contributed by atoms with Crippen LogP contribution < -0.4 is 14.8 Å². The van der Waals surface area contributed by atoms with Gasteiger partial charge < -0.3 is 24.6 Å². The minimum absolute atomic E-state index is 0.0539. The number of hydrogen-bond acceptors (Lipinski definition) is 6. The van der Waals surface area contributed by atoms with Gasteiger partial charge in [-0.2, -0.15) is 0 Å². The largest absolute Gasteiger partial charge is 0.493 e. The number of hydrogen-bond donors (Lipinski definition) is 2. The number of benzene rings is 1. The minimum atomic E-state index is -1.33. The van der Waals surface area contributed by atoms with Crippen LogP contribution in [0.15, 0.2) is 18.2 Å². The number of carbonyl (C=O) groups excluding carboxylic acids is 1. The second-order valence-electron chi connectivity index (χ2n) is 4.92. The van der Waals surface area contributed by atoms with Crippen LogP contribution in [0.1, 0.15) is 24.5 Å². The average molecular weight is 295 g/mol. The summed E-state index contributed by atoms with van der Waals surface area (Å²) < 4.78 is 15.7. The van der Waals surface area contributed by atoms with Gasteiger partial charge in [0.05, 0.1) is 14.2 Å². The predicted octanol–water partition coefficient (Wildman–Crippen LogP) is 1.03. The van der Waals surface area contributed by atoms with Crippen LogP contribution in [0.25, 0.3) is 0 Å². The lowest BCUT2D eigenvalue weighted by molar-refractivity contribution is -0.150. The lowest BCUT2D eigenvalue weighted by atomic mass is 10.1. The summed E-state index contributed by atoms with van der Waals surface area (Å²) in [5, 5.41) is 13.2. The highest BCUT2D eigenvalue weighted by atomic mass is 16.5. The van der Waals surface area contributed by atoms with E-state index in [0.717, 1.165) is 25.9 Å². The number of aliphatic hydroxyl groups excluding tert-OH is 1. The Bertz CT molecular complexity index is 485. The molecule has 1 saturated heterocycles. The Labute approximate surface area is 124 Å². The highest BCUT2D eigenvalue weighted by Gasteiger charge is 2.22. The number of piperidine rings is 1. The van der Waals surface area contributed by atoms with Crippen LogP contribution in [-0.4, -0.2) is 44.5 Å². The molecule has 1 aromatic rings. The van der Waals surface area contributed by atoms with Crippen molar-refractivity contribution in [3.8, 4) is 11.5 Å². The van der Waals surface area contributed by atoms with Crippen LogP contribution in [0.2, 0.25) is 0 Å². The van der Waals surface area contributed by atoms with Gasteiger partial charge >= 0.3 is 5.97 Å². The van der Waals surface area contributed by atoms with Crippen LogP contribution in [0.4, 0.5) is 0 Å². The van der Waals surface area contributed by atoms with Gasteiger partial charge in [-0.3, -0.25) is 0 Å². The van der Waals surface area contributed by atoms with Gasteiger partial charge in [0.1, 0.15) is 6.10 Å². The van der Waals surface area contributed by atoms with Gasteiger partial charge in [0.2, 0.25) is 0 Å². The molecule has 1 aliphatic rings. The first-order valence-electron chi connectivity index (χ1n) is 6.97. The topological polar surface area (TPSA) is 77.0 Å². The molecule has 0 radical (unpaired) electrons. The van der Waals surface area contributed by atoms with Gasteiger partial charge in [-0.05, 0) is 37.1 Å². The van der Waals surface area contributed by atoms with Crippen LogP contribution in [0.5, 0.6) is 11.5 Å². The summed E-state index contributed by atoms with van der Waals surface area (Å²) in [6.07, 6.45) is 0.739. The number of aliphatic hydroxyl groups is 1. The summed E-state index contributed by atoms with van der Waals surface area (Å²) in [5.74, 6) is 0.387. The normalized spacial score (nSPS) is 19.7. The summed E-state index contributed by atoms with van der Waals surface area (Å²) in [5.41, 5.74) is 0.418. The van der Waals surface area contributed by atoms with Gasteiger partial charge in [0, 0.05) is 6.54 Å². The number of esters is 1. The van der Waals surface area contributed by atoms with E-state index in [1.807, 2.05) is 0 Å². The fourth-order valence-electron chi connectivity index (χ4n) is 2.30. The summed E-state index contributed by atoms with van der Waals surface area (Å²) in [4.78, 5) is 11.4. The first kappa shape index (κ1) is 15.6. The molecule has 2 atom stereocenters. The molecule has 2 N–H and O–H groups in total. The Morgan fingerprint density at radius 2 is 2.19 bits per heavy atom. The first-order valence-corrected chi connectivity index (χ1v) is 6.97. The standard InChI is InChI=1S/C15H21NO5/c1-19-12-6-5-10(14(17)15(18)20-2)8-13(12)21-11-4-3-7-16-9-11/h5-6,8,11,14,16-17H,3-4,7,9H2,1-2H3. The zero-order valence-electron chi connectivity index (χ0n) is 12.3. The predicted molar refractivity (Wildman–Crippen MR) is 76.5 cm³/mol. The van der Waals surface area contributed by atoms with E-state index < -0.39 is 12.1 Å². The number of rotatable bonds is 5. The van der Waals surface area contributed by atoms with Crippen molar-refractivity contribution in [3.05, 3.63) is 23.8 Å². The molecule has 0 bridgehead atoms. The van der Waals surface area contributed by atoms with E-state index >= 15 is 0 Å². The molecule has 0 aromatic heterocycles. The average Bonchev–Trinajstić information content (AvgIpc) is 2.54. The highest BCUT2D eigenvalue weighted by Crippen LogP contribution is 2.32. The fraction of sp³-hybridized carbons (Fsp3) is 0.533. The second kappa shape index (κ2) is 7.28. The van der Waals surface area contributed by atoms with Gasteiger partial charge in [0.15, 0.2) is 17.6 Å². The Morgan fingerprint density at radius 3 is 2.81 bits per heavy atom. The smallest absolute Gasteiger partial charge is 0.339 e. The summed E-state index contributed by atoms with van der Waals surface area (Å²) in [6.45, 7) is 1.77. The fourth-order valence-corrected chi connectivity index (χ4v) is 2.30. The molecule has 1 heterocycles. The molecule has 21 heavy (non-hydrogen) atoms. The molecule has 2 unspecified atom stereocenters. The van der Waals surface area contributed by atoms with Crippen molar-refractivity contribution in [1.82, 2.24) is 5.32 Å². The zero-order chi connectivity index (χ0) is 15.2. The Hall–Kier alpha value is -1.79. The third-order valence-electron chi connectivity index (χ3n) is 3.47. The molecule has 6 nitrogen and oxygen atoms in total. The molecular formula is C15H21NO5. The molecule has 0 amide bonds. The van der Waals surface area contributed by atoms with E-state index in [1.165, 1.54) is 7.11 Å². The monoisotopic (exact) mass is 295 g/mol. The zero-order valence-corrected chi connectivity index (χ0v) is 12.3. The van der Waals surface area contributed by atoms with E-state index in [9.17, 15) is 9.90 Å². The molecule has 1 fully saturated rings. The van der Waals surface area contributed by atoms with Crippen molar-refractivity contribution in [2.45, 2.75) is 25.0 Å². The Morgan fingerprint density at radius 1 is 1.38 bits per heavy atom. The Kier molecular flexibility index (Phi) is 5.41. The van der Waals surface area contributed by atoms with Crippen LogP contribution in [0.3, 0.4) is 0 Å². The van der Waals surface area contributed by atoms with E-state index in [0.29, 0.717) is 17.1 Å². The molecule has 1 aliphatic heterocycles. The summed E-state index contributed by atoms with van der Waals surface area (Å²) in [6, 6.07) is 4.91. The molecule has 0 aliphatic carbocycles. The third-order valence-corrected chi connectivity index (χ3v) is 3.47. The SMILES string of the molecule is COC(=O)C(O)c1ccc(OC)c(OC2CCCNC2)c1. The number of methoxy groups -OCH3 is 2. The van der Waals surface area contributed by atoms with Gasteiger partial charge in [-0.25, -0.2) is 4.79 Å². The quantitative estimate of drug-likeness (QED) is 0.790. The second-order valence-corrected chi connectivity index (χ2v) is 4.92. The van der Waals surface area contributed by atoms with Crippen molar-refractivity contribution >= 4 is 5.97 Å². The van der Waals surface area contributed by atoms with Crippen LogP contribution in [-0.2, 0) is 9.53 Å². The molecule has 6 heteroatoms. The minimum Gasteiger partial charge on any atom is -0.493 e. The van der Waals surface area contributed by atoms with Crippen LogP contribution in [0, 0.1) is 0 Å². The molecule has 1 aromatic carbocycles. The number of carbonyl (C=O) groups is 1. The van der Waals surface area contributed by atoms with E-state index in [-0.39, 0.29) is 6.10 Å². The molecule has 116 valence electrons. The van der Waals surface area contributed by atoms with Crippen LogP contribution >= 0.6 is 0 Å². The third kappa shape index (κ3) is 3.86. The van der Waals surface area contributed by atoms with Gasteiger partial charge in [-0.15, -0.1) is 0 Å². The molecular weight excluding hydrogens is 274 g/mol. The lowest BCUT2D eigenvalue weighted by Gasteiger charge is -2.25. The van der Waals surface area contributed by atoms with Gasteiger partial charge in [-0.1, -0.05) is 6.07 Å². The highest BCUT2D eigenvalue weighted by molar-refractivity contribution is 5.76. The van der Waals surface area contributed by atoms with Crippen molar-refractivity contribution in [2.75, 3.05) is 27.3 Å². The lowest BCUT2D eigenvalue weighted by Crippen LogP contribution is -2.37. The summed E-state index contributed by atoms with van der Waals surface area (Å²) >= 11 is 0. The van der Waals surface area contributed by atoms with Crippen molar-refractivity contribution in [1.29, 1.82) is 0 Å². The number of ether oxygens (including phenoxy) is 3. The molecule has 0 saturated carbocycles. The number of nitrogens with one attached hydrogen (secondary N) is 1. The molecule has 2 rings (SSSR count). The van der Waals surface area contributed by atoms with Crippen molar-refractivity contribution in [2.24, 2.45) is 0 Å².